The summed E-state index contributed by atoms with van der Waals surface area (Å²) in [6, 6.07) is 0. The van der Waals surface area contributed by atoms with E-state index in [1.807, 2.05) is 0 Å². The lowest BCUT2D eigenvalue weighted by Gasteiger charge is -2.08. The monoisotopic (exact) mass is 106 g/mol. The Kier molecular flexibility index (Phi) is 3.92. The number of hydrogen-bond acceptors (Lipinski definition) is 4. The summed E-state index contributed by atoms with van der Waals surface area (Å²) < 4.78 is 4.56. The van der Waals surface area contributed by atoms with E-state index < -0.39 is 6.23 Å². The molecule has 0 fully saturated rings. The highest BCUT2D eigenvalue weighted by atomic mass is 16.5. The van der Waals surface area contributed by atoms with E-state index in [0.717, 1.165) is 0 Å². The van der Waals surface area contributed by atoms with Gasteiger partial charge in [0.15, 0.2) is 0 Å². The van der Waals surface area contributed by atoms with Crippen molar-refractivity contribution in [2.24, 2.45) is 5.84 Å². The van der Waals surface area contributed by atoms with E-state index in [-0.39, 0.29) is 6.61 Å². The quantitative estimate of drug-likeness (QED) is 0.230. The van der Waals surface area contributed by atoms with Crippen LogP contribution in [0.3, 0.4) is 0 Å². The molecule has 0 amide bonds. The molecule has 1 atom stereocenters. The van der Waals surface area contributed by atoms with Gasteiger partial charge >= 0.3 is 0 Å². The van der Waals surface area contributed by atoms with E-state index in [1.165, 1.54) is 7.11 Å². The number of rotatable bonds is 3. The minimum atomic E-state index is -0.431. The molecule has 0 saturated carbocycles. The molecule has 7 heavy (non-hydrogen) atoms. The summed E-state index contributed by atoms with van der Waals surface area (Å²) in [5, 5.41) is 8.26. The van der Waals surface area contributed by atoms with Crippen LogP contribution < -0.4 is 11.3 Å². The van der Waals surface area contributed by atoms with Gasteiger partial charge < -0.3 is 9.84 Å². The van der Waals surface area contributed by atoms with Gasteiger partial charge in [-0.15, -0.1) is 0 Å². The van der Waals surface area contributed by atoms with Gasteiger partial charge in [0.25, 0.3) is 0 Å². The van der Waals surface area contributed by atoms with Crippen LogP contribution >= 0.6 is 0 Å². The molecule has 0 aromatic rings. The maximum atomic E-state index is 8.26. The Hall–Kier alpha value is -0.160. The van der Waals surface area contributed by atoms with Crippen molar-refractivity contribution in [3.63, 3.8) is 0 Å². The molecule has 0 spiro atoms. The second-order valence-corrected chi connectivity index (χ2v) is 1.07. The van der Waals surface area contributed by atoms with Crippen LogP contribution in [0, 0.1) is 0 Å². The molecule has 4 N–H and O–H groups in total. The molecule has 0 heterocycles. The van der Waals surface area contributed by atoms with Crippen molar-refractivity contribution in [2.45, 2.75) is 6.23 Å². The highest BCUT2D eigenvalue weighted by Crippen LogP contribution is 1.74. The highest BCUT2D eigenvalue weighted by molar-refractivity contribution is 4.40. The number of aliphatic hydroxyl groups excluding tert-OH is 1. The fourth-order valence-electron chi connectivity index (χ4n) is 0.195. The number of aliphatic hydroxyl groups is 1. The van der Waals surface area contributed by atoms with Crippen LogP contribution in [0.4, 0.5) is 0 Å². The van der Waals surface area contributed by atoms with Crippen molar-refractivity contribution < 1.29 is 9.84 Å². The number of ether oxygens (including phenoxy) is 1. The standard InChI is InChI=1S/C3H10N2O2/c1-7-3(2-6)5-4/h3,5-6H,2,4H2,1H3. The fourth-order valence-corrected chi connectivity index (χ4v) is 0.195. The van der Waals surface area contributed by atoms with E-state index in [9.17, 15) is 0 Å². The van der Waals surface area contributed by atoms with Crippen molar-refractivity contribution in [2.75, 3.05) is 13.7 Å². The number of hydrazine groups is 1. The van der Waals surface area contributed by atoms with Crippen molar-refractivity contribution in [1.82, 2.24) is 5.43 Å². The van der Waals surface area contributed by atoms with Gasteiger partial charge in [0, 0.05) is 7.11 Å². The van der Waals surface area contributed by atoms with Crippen molar-refractivity contribution in [1.29, 1.82) is 0 Å². The summed E-state index contributed by atoms with van der Waals surface area (Å²) >= 11 is 0. The van der Waals surface area contributed by atoms with Gasteiger partial charge in [0.05, 0.1) is 6.61 Å². The Bertz CT molecular complexity index is 32.4. The minimum absolute atomic E-state index is 0.104. The predicted molar refractivity (Wildman–Crippen MR) is 25.2 cm³/mol. The van der Waals surface area contributed by atoms with E-state index in [0.29, 0.717) is 0 Å². The molecule has 0 bridgehead atoms. The van der Waals surface area contributed by atoms with Crippen molar-refractivity contribution in [3.05, 3.63) is 0 Å². The number of nitrogens with one attached hydrogen (secondary N) is 1. The number of methoxy groups -OCH3 is 1. The van der Waals surface area contributed by atoms with Crippen molar-refractivity contribution >= 4 is 0 Å². The Morgan fingerprint density at radius 3 is 2.57 bits per heavy atom. The van der Waals surface area contributed by atoms with E-state index >= 15 is 0 Å². The molecular formula is C3H10N2O2. The average Bonchev–Trinajstić information content (AvgIpc) is 1.72. The Labute approximate surface area is 42.2 Å². The smallest absolute Gasteiger partial charge is 0.143 e. The molecule has 0 radical (unpaired) electrons. The average molecular weight is 106 g/mol. The van der Waals surface area contributed by atoms with Gasteiger partial charge in [-0.25, -0.2) is 5.43 Å². The molecule has 44 valence electrons. The Morgan fingerprint density at radius 2 is 2.57 bits per heavy atom. The summed E-state index contributed by atoms with van der Waals surface area (Å²) in [4.78, 5) is 0. The van der Waals surface area contributed by atoms with E-state index in [1.54, 1.807) is 0 Å². The third-order valence-electron chi connectivity index (χ3n) is 0.636. The van der Waals surface area contributed by atoms with Gasteiger partial charge in [-0.05, 0) is 0 Å². The fraction of sp³-hybridized carbons (Fsp3) is 1.00. The third kappa shape index (κ3) is 2.52. The molecule has 0 aliphatic carbocycles. The van der Waals surface area contributed by atoms with Gasteiger partial charge in [-0.1, -0.05) is 0 Å². The number of hydrogen-bond donors (Lipinski definition) is 3. The second kappa shape index (κ2) is 4.01. The second-order valence-electron chi connectivity index (χ2n) is 1.07. The van der Waals surface area contributed by atoms with E-state index in [4.69, 9.17) is 10.9 Å². The molecule has 0 aliphatic heterocycles. The van der Waals surface area contributed by atoms with Crippen molar-refractivity contribution in [3.8, 4) is 0 Å². The Balaban J connectivity index is 2.99. The maximum absolute atomic E-state index is 8.26. The lowest BCUT2D eigenvalue weighted by Crippen LogP contribution is -2.39. The molecule has 0 aromatic carbocycles. The lowest BCUT2D eigenvalue weighted by molar-refractivity contribution is 0.0254. The summed E-state index contributed by atoms with van der Waals surface area (Å²) in [5.41, 5.74) is 2.23. The zero-order valence-electron chi connectivity index (χ0n) is 4.22. The summed E-state index contributed by atoms with van der Waals surface area (Å²) in [6.07, 6.45) is -0.431. The van der Waals surface area contributed by atoms with Crippen LogP contribution in [-0.4, -0.2) is 25.1 Å². The minimum Gasteiger partial charge on any atom is -0.392 e. The maximum Gasteiger partial charge on any atom is 0.143 e. The topological polar surface area (TPSA) is 67.5 Å². The third-order valence-corrected chi connectivity index (χ3v) is 0.636. The summed E-state index contributed by atoms with van der Waals surface area (Å²) in [7, 11) is 1.46. The lowest BCUT2D eigenvalue weighted by atomic mass is 10.6. The summed E-state index contributed by atoms with van der Waals surface area (Å²) in [5.74, 6) is 4.86. The first-order chi connectivity index (χ1) is 3.35. The molecule has 0 aromatic heterocycles. The molecule has 0 saturated heterocycles. The molecule has 4 heteroatoms. The van der Waals surface area contributed by atoms with Crippen LogP contribution in [-0.2, 0) is 4.74 Å². The molecule has 1 unspecified atom stereocenters. The first-order valence-corrected chi connectivity index (χ1v) is 1.95. The van der Waals surface area contributed by atoms with Crippen LogP contribution in [0.1, 0.15) is 0 Å². The summed E-state index contributed by atoms with van der Waals surface area (Å²) in [6.45, 7) is -0.104. The molecule has 4 nitrogen and oxygen atoms in total. The van der Waals surface area contributed by atoms with Crippen LogP contribution in [0.5, 0.6) is 0 Å². The van der Waals surface area contributed by atoms with Gasteiger partial charge in [0.2, 0.25) is 0 Å². The van der Waals surface area contributed by atoms with Crippen LogP contribution in [0.2, 0.25) is 0 Å². The first kappa shape index (κ1) is 6.84. The van der Waals surface area contributed by atoms with Crippen LogP contribution in [0.25, 0.3) is 0 Å². The highest BCUT2D eigenvalue weighted by Gasteiger charge is 1.96. The normalized spacial score (nSPS) is 14.1. The zero-order valence-corrected chi connectivity index (χ0v) is 4.22. The van der Waals surface area contributed by atoms with E-state index in [2.05, 4.69) is 10.2 Å². The first-order valence-electron chi connectivity index (χ1n) is 1.95. The Morgan fingerprint density at radius 1 is 2.00 bits per heavy atom. The predicted octanol–water partition coefficient (Wildman–Crippen LogP) is -1.59. The van der Waals surface area contributed by atoms with Gasteiger partial charge in [0.1, 0.15) is 6.23 Å². The SMILES string of the molecule is COC(CO)NN. The molecular weight excluding hydrogens is 96.0 g/mol. The van der Waals surface area contributed by atoms with Crippen LogP contribution in [0.15, 0.2) is 0 Å². The molecule has 0 aliphatic rings. The largest absolute Gasteiger partial charge is 0.392 e. The van der Waals surface area contributed by atoms with Gasteiger partial charge in [-0.2, -0.15) is 0 Å². The molecule has 0 rings (SSSR count). The zero-order chi connectivity index (χ0) is 5.70. The van der Waals surface area contributed by atoms with Gasteiger partial charge in [-0.3, -0.25) is 5.84 Å². The number of nitrogens with two attached hydrogens (primary N) is 1.